The van der Waals surface area contributed by atoms with Gasteiger partial charge in [-0.1, -0.05) is 29.8 Å². The molecule has 0 saturated heterocycles. The van der Waals surface area contributed by atoms with E-state index in [1.54, 1.807) is 44.2 Å². The Bertz CT molecular complexity index is 742. The quantitative estimate of drug-likeness (QED) is 0.661. The number of amides is 3. The summed E-state index contributed by atoms with van der Waals surface area (Å²) in [6.07, 6.45) is 1.35. The number of halogens is 1. The van der Waals surface area contributed by atoms with Crippen molar-refractivity contribution in [2.75, 3.05) is 0 Å². The van der Waals surface area contributed by atoms with Crippen molar-refractivity contribution in [3.05, 3.63) is 58.5 Å². The van der Waals surface area contributed by atoms with E-state index in [0.717, 1.165) is 4.47 Å². The van der Waals surface area contributed by atoms with E-state index in [0.29, 0.717) is 5.56 Å². The maximum atomic E-state index is 12.3. The van der Waals surface area contributed by atoms with Gasteiger partial charge in [0.2, 0.25) is 0 Å². The van der Waals surface area contributed by atoms with Crippen LogP contribution >= 0.6 is 15.9 Å². The summed E-state index contributed by atoms with van der Waals surface area (Å²) in [5.74, 6) is -1.60. The summed E-state index contributed by atoms with van der Waals surface area (Å²) in [6.45, 7) is 3.58. The van der Waals surface area contributed by atoms with E-state index >= 15 is 0 Å². The maximum absolute atomic E-state index is 12.3. The van der Waals surface area contributed by atoms with Crippen LogP contribution in [0.2, 0.25) is 0 Å². The Morgan fingerprint density at radius 2 is 1.68 bits per heavy atom. The van der Waals surface area contributed by atoms with Crippen LogP contribution in [-0.4, -0.2) is 23.8 Å². The molecule has 0 radical (unpaired) electrons. The molecule has 1 atom stereocenters. The molecule has 0 fully saturated rings. The van der Waals surface area contributed by atoms with Crippen molar-refractivity contribution in [3.63, 3.8) is 0 Å². The van der Waals surface area contributed by atoms with Crippen LogP contribution in [0.1, 0.15) is 34.8 Å². The zero-order chi connectivity index (χ0) is 18.4. The first-order valence-corrected chi connectivity index (χ1v) is 8.38. The first-order valence-electron chi connectivity index (χ1n) is 7.58. The Balaban J connectivity index is 1.97. The molecule has 0 aliphatic carbocycles. The fraction of sp³-hybridized carbons (Fsp3) is 0.235. The average molecular weight is 408 g/mol. The summed E-state index contributed by atoms with van der Waals surface area (Å²) in [6, 6.07) is 8.99. The minimum Gasteiger partial charge on any atom is -0.459 e. The molecule has 0 bridgehead atoms. The smallest absolute Gasteiger partial charge is 0.305 e. The molecular formula is C17H18BrN3O4. The molecule has 1 aromatic carbocycles. The predicted octanol–water partition coefficient (Wildman–Crippen LogP) is 2.26. The Kier molecular flexibility index (Phi) is 6.35. The summed E-state index contributed by atoms with van der Waals surface area (Å²) in [7, 11) is 0. The molecule has 8 heteroatoms. The second kappa shape index (κ2) is 8.48. The number of furan rings is 1. The molecule has 2 rings (SSSR count). The van der Waals surface area contributed by atoms with Crippen LogP contribution in [0.3, 0.4) is 0 Å². The Morgan fingerprint density at radius 3 is 2.24 bits per heavy atom. The van der Waals surface area contributed by atoms with E-state index in [2.05, 4.69) is 32.1 Å². The highest BCUT2D eigenvalue weighted by atomic mass is 79.9. The monoisotopic (exact) mass is 407 g/mol. The van der Waals surface area contributed by atoms with E-state index in [9.17, 15) is 14.4 Å². The van der Waals surface area contributed by atoms with Gasteiger partial charge in [0.25, 0.3) is 11.8 Å². The van der Waals surface area contributed by atoms with Gasteiger partial charge in [0, 0.05) is 10.0 Å². The van der Waals surface area contributed by atoms with Crippen LogP contribution in [0.15, 0.2) is 51.6 Å². The van der Waals surface area contributed by atoms with Crippen molar-refractivity contribution in [1.82, 2.24) is 16.2 Å². The first-order chi connectivity index (χ1) is 11.9. The zero-order valence-electron chi connectivity index (χ0n) is 13.7. The molecule has 25 heavy (non-hydrogen) atoms. The van der Waals surface area contributed by atoms with Crippen molar-refractivity contribution in [2.45, 2.75) is 19.9 Å². The Labute approximate surface area is 153 Å². The number of hydrazine groups is 1. The molecule has 1 aromatic heterocycles. The third kappa shape index (κ3) is 5.18. The van der Waals surface area contributed by atoms with Crippen LogP contribution in [0.25, 0.3) is 0 Å². The lowest BCUT2D eigenvalue weighted by molar-refractivity contribution is -0.124. The van der Waals surface area contributed by atoms with E-state index in [-0.39, 0.29) is 17.6 Å². The van der Waals surface area contributed by atoms with E-state index in [1.807, 2.05) is 0 Å². The third-order valence-electron chi connectivity index (χ3n) is 3.39. The second-order valence-corrected chi connectivity index (χ2v) is 6.54. The van der Waals surface area contributed by atoms with Crippen LogP contribution in [0.4, 0.5) is 0 Å². The summed E-state index contributed by atoms with van der Waals surface area (Å²) >= 11 is 3.30. The molecule has 132 valence electrons. The topological polar surface area (TPSA) is 100 Å². The summed E-state index contributed by atoms with van der Waals surface area (Å²) in [4.78, 5) is 36.4. The lowest BCUT2D eigenvalue weighted by Gasteiger charge is -2.21. The standard InChI is InChI=1S/C17H18BrN3O4/c1-10(2)14(19-15(22)11-5-7-12(18)8-6-11)17(24)21-20-16(23)13-4-3-9-25-13/h3-10,14H,1-2H3,(H,19,22)(H,20,23)(H,21,24)/t14-/m0/s1. The molecule has 0 aliphatic heterocycles. The van der Waals surface area contributed by atoms with Gasteiger partial charge in [-0.25, -0.2) is 0 Å². The van der Waals surface area contributed by atoms with Gasteiger partial charge in [-0.2, -0.15) is 0 Å². The average Bonchev–Trinajstić information content (AvgIpc) is 3.12. The minimum absolute atomic E-state index is 0.0697. The lowest BCUT2D eigenvalue weighted by Crippen LogP contribution is -2.54. The number of hydrogen-bond acceptors (Lipinski definition) is 4. The minimum atomic E-state index is -0.812. The van der Waals surface area contributed by atoms with Gasteiger partial charge in [0.15, 0.2) is 5.76 Å². The molecule has 3 amide bonds. The lowest BCUT2D eigenvalue weighted by atomic mass is 10.0. The van der Waals surface area contributed by atoms with Crippen molar-refractivity contribution >= 4 is 33.7 Å². The van der Waals surface area contributed by atoms with Gasteiger partial charge in [-0.3, -0.25) is 25.2 Å². The van der Waals surface area contributed by atoms with Crippen molar-refractivity contribution in [2.24, 2.45) is 5.92 Å². The van der Waals surface area contributed by atoms with Crippen molar-refractivity contribution < 1.29 is 18.8 Å². The number of rotatable bonds is 5. The Morgan fingerprint density at radius 1 is 1.00 bits per heavy atom. The molecule has 0 spiro atoms. The third-order valence-corrected chi connectivity index (χ3v) is 3.92. The number of benzene rings is 1. The van der Waals surface area contributed by atoms with E-state index in [1.165, 1.54) is 12.3 Å². The molecule has 1 heterocycles. The van der Waals surface area contributed by atoms with Gasteiger partial charge in [-0.05, 0) is 42.3 Å². The highest BCUT2D eigenvalue weighted by Crippen LogP contribution is 2.11. The normalized spacial score (nSPS) is 11.7. The van der Waals surface area contributed by atoms with Crippen LogP contribution < -0.4 is 16.2 Å². The van der Waals surface area contributed by atoms with Crippen LogP contribution in [0.5, 0.6) is 0 Å². The molecule has 0 aliphatic rings. The van der Waals surface area contributed by atoms with Gasteiger partial charge in [0.05, 0.1) is 6.26 Å². The molecule has 3 N–H and O–H groups in total. The summed E-state index contributed by atoms with van der Waals surface area (Å²) < 4.78 is 5.78. The van der Waals surface area contributed by atoms with Gasteiger partial charge < -0.3 is 9.73 Å². The van der Waals surface area contributed by atoms with E-state index < -0.39 is 17.9 Å². The SMILES string of the molecule is CC(C)[C@H](NC(=O)c1ccc(Br)cc1)C(=O)NNC(=O)c1ccco1. The van der Waals surface area contributed by atoms with Gasteiger partial charge in [-0.15, -0.1) is 0 Å². The highest BCUT2D eigenvalue weighted by molar-refractivity contribution is 9.10. The zero-order valence-corrected chi connectivity index (χ0v) is 15.3. The fourth-order valence-electron chi connectivity index (χ4n) is 2.03. The number of nitrogens with one attached hydrogen (secondary N) is 3. The van der Waals surface area contributed by atoms with E-state index in [4.69, 9.17) is 4.42 Å². The molecular weight excluding hydrogens is 390 g/mol. The fourth-order valence-corrected chi connectivity index (χ4v) is 2.29. The van der Waals surface area contributed by atoms with Crippen LogP contribution in [0, 0.1) is 5.92 Å². The van der Waals surface area contributed by atoms with Gasteiger partial charge >= 0.3 is 5.91 Å². The number of carbonyl (C=O) groups is 3. The summed E-state index contributed by atoms with van der Waals surface area (Å²) in [5, 5.41) is 2.67. The van der Waals surface area contributed by atoms with Gasteiger partial charge in [0.1, 0.15) is 6.04 Å². The second-order valence-electron chi connectivity index (χ2n) is 5.62. The maximum Gasteiger partial charge on any atom is 0.305 e. The number of carbonyl (C=O) groups excluding carboxylic acids is 3. The van der Waals surface area contributed by atoms with Crippen molar-refractivity contribution in [1.29, 1.82) is 0 Å². The number of hydrogen-bond donors (Lipinski definition) is 3. The summed E-state index contributed by atoms with van der Waals surface area (Å²) in [5.41, 5.74) is 4.98. The van der Waals surface area contributed by atoms with Crippen molar-refractivity contribution in [3.8, 4) is 0 Å². The molecule has 0 unspecified atom stereocenters. The Hall–Kier alpha value is -2.61. The molecule has 0 saturated carbocycles. The molecule has 7 nitrogen and oxygen atoms in total. The largest absolute Gasteiger partial charge is 0.459 e. The highest BCUT2D eigenvalue weighted by Gasteiger charge is 2.25. The predicted molar refractivity (Wildman–Crippen MR) is 94.6 cm³/mol. The molecule has 2 aromatic rings. The first kappa shape index (κ1) is 18.7. The van der Waals surface area contributed by atoms with Crippen LogP contribution in [-0.2, 0) is 4.79 Å².